The number of fused-ring (bicyclic) bond motifs is 2. The van der Waals surface area contributed by atoms with Crippen molar-refractivity contribution in [2.75, 3.05) is 89.1 Å². The molecule has 2 saturated heterocycles. The number of thioether (sulfide) groups is 1. The minimum atomic E-state index is -0.559. The predicted octanol–water partition coefficient (Wildman–Crippen LogP) is 6.16. The van der Waals surface area contributed by atoms with E-state index in [-0.39, 0.29) is 5.60 Å². The van der Waals surface area contributed by atoms with Crippen LogP contribution in [-0.4, -0.2) is 110 Å². The number of ether oxygens (including phenoxy) is 3. The van der Waals surface area contributed by atoms with Crippen LogP contribution in [0.25, 0.3) is 0 Å². The van der Waals surface area contributed by atoms with E-state index in [1.165, 1.54) is 5.56 Å². The normalized spacial score (nSPS) is 21.6. The van der Waals surface area contributed by atoms with Crippen LogP contribution in [0.1, 0.15) is 84.7 Å². The van der Waals surface area contributed by atoms with E-state index in [0.717, 1.165) is 128 Å². The van der Waals surface area contributed by atoms with E-state index in [0.29, 0.717) is 50.0 Å². The number of benzene rings is 1. The molecule has 2 fully saturated rings. The minimum absolute atomic E-state index is 0.360. The number of hydrogen-bond acceptors (Lipinski definition) is 12. The van der Waals surface area contributed by atoms with Gasteiger partial charge in [0.1, 0.15) is 34.5 Å². The van der Waals surface area contributed by atoms with E-state index in [9.17, 15) is 10.5 Å². The van der Waals surface area contributed by atoms with Gasteiger partial charge in [-0.05, 0) is 109 Å². The highest BCUT2D eigenvalue weighted by Crippen LogP contribution is 2.42. The molecule has 1 atom stereocenters. The lowest BCUT2D eigenvalue weighted by molar-refractivity contribution is -0.0595. The van der Waals surface area contributed by atoms with Crippen LogP contribution in [0.4, 0.5) is 11.6 Å². The van der Waals surface area contributed by atoms with Gasteiger partial charge in [0.15, 0.2) is 0 Å². The van der Waals surface area contributed by atoms with Gasteiger partial charge in [-0.3, -0.25) is 0 Å². The maximum atomic E-state index is 10.8. The molecule has 6 heterocycles. The number of anilines is 2. The first kappa shape index (κ1) is 40.3. The summed E-state index contributed by atoms with van der Waals surface area (Å²) in [5.74, 6) is 3.57. The zero-order valence-electron chi connectivity index (χ0n) is 34.2. The van der Waals surface area contributed by atoms with Crippen molar-refractivity contribution in [3.63, 3.8) is 0 Å². The third kappa shape index (κ3) is 8.96. The summed E-state index contributed by atoms with van der Waals surface area (Å²) in [6, 6.07) is 13.4. The van der Waals surface area contributed by atoms with Crippen LogP contribution in [0.3, 0.4) is 0 Å². The second-order valence-electron chi connectivity index (χ2n) is 16.9. The van der Waals surface area contributed by atoms with Crippen molar-refractivity contribution < 1.29 is 14.2 Å². The molecule has 1 unspecified atom stereocenters. The van der Waals surface area contributed by atoms with Crippen molar-refractivity contribution in [3.05, 3.63) is 68.9 Å². The van der Waals surface area contributed by atoms with E-state index < -0.39 is 5.60 Å². The monoisotopic (exact) mass is 778 g/mol. The Morgan fingerprint density at radius 3 is 2.07 bits per heavy atom. The maximum absolute atomic E-state index is 10.8. The molecule has 0 amide bonds. The second kappa shape index (κ2) is 17.3. The maximum Gasteiger partial charge on any atom is 0.135 e. The molecular formula is C44H58N8O3S. The summed E-state index contributed by atoms with van der Waals surface area (Å²) in [6.07, 6.45) is 5.50. The summed E-state index contributed by atoms with van der Waals surface area (Å²) < 4.78 is 18.6. The largest absolute Gasteiger partial charge is 0.497 e. The third-order valence-corrected chi connectivity index (χ3v) is 13.0. The van der Waals surface area contributed by atoms with Crippen molar-refractivity contribution in [3.8, 4) is 17.9 Å². The lowest BCUT2D eigenvalue weighted by atomic mass is 9.83. The standard InChI is InChI=1S/C44H58N8O3S/c1-43(2)25-33-35(27-45)39(47-40(37(33)29-54-43)51-17-8-15-49(4)19-21-51)12-14-44(3)26-34-36(28-46)42(56-23-13-31-10-7-11-32(24-31)53-6)48-41(38(34)30-55-44)52-18-9-16-50(5)20-22-52/h7,10-11,24H,8-9,12-23,25-26,29-30H2,1-6H3. The van der Waals surface area contributed by atoms with Gasteiger partial charge in [0.2, 0.25) is 0 Å². The van der Waals surface area contributed by atoms with E-state index in [1.54, 1.807) is 18.9 Å². The summed E-state index contributed by atoms with van der Waals surface area (Å²) in [7, 11) is 6.05. The van der Waals surface area contributed by atoms with Gasteiger partial charge in [0, 0.05) is 69.0 Å². The Bertz CT molecular complexity index is 1990. The zero-order valence-corrected chi connectivity index (χ0v) is 35.1. The fraction of sp³-hybridized carbons (Fsp3) is 0.591. The van der Waals surface area contributed by atoms with Crippen LogP contribution in [0.5, 0.6) is 5.75 Å². The number of hydrogen-bond donors (Lipinski definition) is 0. The molecule has 12 heteroatoms. The summed E-state index contributed by atoms with van der Waals surface area (Å²) in [5, 5.41) is 22.3. The van der Waals surface area contributed by atoms with Gasteiger partial charge < -0.3 is 33.8 Å². The van der Waals surface area contributed by atoms with Gasteiger partial charge in [-0.15, -0.1) is 11.8 Å². The number of pyridine rings is 2. The van der Waals surface area contributed by atoms with Crippen molar-refractivity contribution in [1.29, 1.82) is 10.5 Å². The number of rotatable bonds is 10. The lowest BCUT2D eigenvalue weighted by Gasteiger charge is -2.38. The molecule has 7 rings (SSSR count). The molecule has 0 bridgehead atoms. The fourth-order valence-corrected chi connectivity index (χ4v) is 9.66. The Hall–Kier alpha value is -3.91. The van der Waals surface area contributed by atoms with Crippen molar-refractivity contribution >= 4 is 23.4 Å². The van der Waals surface area contributed by atoms with Gasteiger partial charge in [-0.25, -0.2) is 9.97 Å². The number of aryl methyl sites for hydroxylation is 2. The molecule has 0 spiro atoms. The molecule has 4 aliphatic rings. The summed E-state index contributed by atoms with van der Waals surface area (Å²) in [5.41, 5.74) is 6.73. The van der Waals surface area contributed by atoms with Crippen LogP contribution in [0, 0.1) is 22.7 Å². The van der Waals surface area contributed by atoms with Gasteiger partial charge in [0.25, 0.3) is 0 Å². The number of nitrogens with zero attached hydrogens (tertiary/aromatic N) is 8. The molecule has 2 aromatic heterocycles. The SMILES string of the molecule is COc1cccc(CCSc2nc(N3CCCN(C)CC3)c3c(c2C#N)CC(C)(CCc2nc(N4CCCN(C)CC4)c4c(c2C#N)CC(C)(C)OC4)OC3)c1. The number of aromatic nitrogens is 2. The Balaban J connectivity index is 1.20. The topological polar surface area (TPSA) is 114 Å². The Labute approximate surface area is 337 Å². The lowest BCUT2D eigenvalue weighted by Crippen LogP contribution is -2.39. The molecule has 0 saturated carbocycles. The van der Waals surface area contributed by atoms with Crippen LogP contribution in [-0.2, 0) is 48.4 Å². The minimum Gasteiger partial charge on any atom is -0.497 e. The predicted molar refractivity (Wildman–Crippen MR) is 222 cm³/mol. The van der Waals surface area contributed by atoms with Crippen LogP contribution < -0.4 is 14.5 Å². The van der Waals surface area contributed by atoms with E-state index >= 15 is 0 Å². The van der Waals surface area contributed by atoms with Gasteiger partial charge in [-0.1, -0.05) is 12.1 Å². The molecule has 298 valence electrons. The highest BCUT2D eigenvalue weighted by atomic mass is 32.2. The van der Waals surface area contributed by atoms with Gasteiger partial charge in [-0.2, -0.15) is 10.5 Å². The molecule has 11 nitrogen and oxygen atoms in total. The first-order valence-electron chi connectivity index (χ1n) is 20.3. The fourth-order valence-electron chi connectivity index (χ4n) is 8.66. The number of nitriles is 2. The van der Waals surface area contributed by atoms with E-state index in [2.05, 4.69) is 78.7 Å². The highest BCUT2D eigenvalue weighted by Gasteiger charge is 2.38. The van der Waals surface area contributed by atoms with Crippen LogP contribution >= 0.6 is 11.8 Å². The Kier molecular flexibility index (Phi) is 12.4. The first-order valence-corrected chi connectivity index (χ1v) is 21.3. The van der Waals surface area contributed by atoms with Gasteiger partial charge >= 0.3 is 0 Å². The van der Waals surface area contributed by atoms with Crippen molar-refractivity contribution in [1.82, 2.24) is 19.8 Å². The molecule has 4 aliphatic heterocycles. The first-order chi connectivity index (χ1) is 27.0. The quantitative estimate of drug-likeness (QED) is 0.220. The highest BCUT2D eigenvalue weighted by molar-refractivity contribution is 7.99. The molecule has 3 aromatic rings. The average Bonchev–Trinajstić information content (AvgIpc) is 3.55. The summed E-state index contributed by atoms with van der Waals surface area (Å²) >= 11 is 1.67. The van der Waals surface area contributed by atoms with E-state index in [4.69, 9.17) is 24.2 Å². The molecule has 1 aromatic carbocycles. The van der Waals surface area contributed by atoms with Crippen molar-refractivity contribution in [2.24, 2.45) is 0 Å². The molecule has 0 aliphatic carbocycles. The summed E-state index contributed by atoms with van der Waals surface area (Å²) in [4.78, 5) is 20.2. The number of methoxy groups -OCH3 is 1. The second-order valence-corrected chi connectivity index (χ2v) is 18.0. The smallest absolute Gasteiger partial charge is 0.135 e. The zero-order chi connectivity index (χ0) is 39.5. The Morgan fingerprint density at radius 2 is 1.41 bits per heavy atom. The average molecular weight is 779 g/mol. The number of likely N-dealkylation sites (N-methyl/N-ethyl adjacent to an activating group) is 2. The van der Waals surface area contributed by atoms with E-state index in [1.807, 2.05) is 12.1 Å². The molecule has 56 heavy (non-hydrogen) atoms. The van der Waals surface area contributed by atoms with Gasteiger partial charge in [0.05, 0.1) is 48.3 Å². The van der Waals surface area contributed by atoms with Crippen LogP contribution in [0.2, 0.25) is 0 Å². The molecule has 0 N–H and O–H groups in total. The van der Waals surface area contributed by atoms with Crippen molar-refractivity contribution in [2.45, 2.75) is 95.2 Å². The third-order valence-electron chi connectivity index (χ3n) is 12.1. The van der Waals surface area contributed by atoms with Crippen LogP contribution in [0.15, 0.2) is 29.3 Å². The molecular weight excluding hydrogens is 721 g/mol. The Morgan fingerprint density at radius 1 is 0.768 bits per heavy atom. The summed E-state index contributed by atoms with van der Waals surface area (Å²) in [6.45, 7) is 14.9. The molecule has 0 radical (unpaired) electrons.